The van der Waals surface area contributed by atoms with E-state index in [4.69, 9.17) is 4.98 Å². The molecule has 3 aromatic rings. The van der Waals surface area contributed by atoms with Gasteiger partial charge in [0.2, 0.25) is 0 Å². The summed E-state index contributed by atoms with van der Waals surface area (Å²) in [5.41, 5.74) is 4.40. The van der Waals surface area contributed by atoms with Crippen molar-refractivity contribution in [1.29, 1.82) is 0 Å². The molecule has 3 heterocycles. The molecule has 0 saturated heterocycles. The molecule has 1 N–H and O–H groups in total. The lowest BCUT2D eigenvalue weighted by Gasteiger charge is -2.23. The van der Waals surface area contributed by atoms with Crippen LogP contribution in [0.4, 0.5) is 0 Å². The largest absolute Gasteiger partial charge is 0.394 e. The Morgan fingerprint density at radius 2 is 2.03 bits per heavy atom. The van der Waals surface area contributed by atoms with Crippen molar-refractivity contribution in [2.45, 2.75) is 25.9 Å². The van der Waals surface area contributed by atoms with Crippen LogP contribution in [0.1, 0.15) is 27.3 Å². The molecule has 1 amide bonds. The number of nitrogens with zero attached hydrogens (tertiary/aromatic N) is 4. The molecule has 1 aromatic carbocycles. The summed E-state index contributed by atoms with van der Waals surface area (Å²) in [4.78, 5) is 22.0. The highest BCUT2D eigenvalue weighted by Gasteiger charge is 2.27. The van der Waals surface area contributed by atoms with Gasteiger partial charge >= 0.3 is 0 Å². The Morgan fingerprint density at radius 1 is 1.23 bits per heavy atom. The first kappa shape index (κ1) is 20.3. The molecule has 0 bridgehead atoms. The van der Waals surface area contributed by atoms with Gasteiger partial charge in [-0.25, -0.2) is 4.98 Å². The third-order valence-electron chi connectivity index (χ3n) is 5.78. The van der Waals surface area contributed by atoms with E-state index in [0.29, 0.717) is 18.8 Å². The van der Waals surface area contributed by atoms with Crippen LogP contribution in [0.25, 0.3) is 5.65 Å². The molecule has 2 aromatic heterocycles. The van der Waals surface area contributed by atoms with E-state index in [9.17, 15) is 9.90 Å². The minimum absolute atomic E-state index is 0.0286. The van der Waals surface area contributed by atoms with Crippen molar-refractivity contribution < 1.29 is 9.90 Å². The van der Waals surface area contributed by atoms with E-state index in [2.05, 4.69) is 23.1 Å². The van der Waals surface area contributed by atoms with E-state index < -0.39 is 0 Å². The van der Waals surface area contributed by atoms with Crippen LogP contribution in [0.15, 0.2) is 60.8 Å². The normalized spacial score (nSPS) is 16.4. The maximum Gasteiger partial charge on any atom is 0.274 e. The monoisotopic (exact) mass is 404 g/mol. The lowest BCUT2D eigenvalue weighted by molar-refractivity contribution is 0.0788. The third-order valence-corrected chi connectivity index (χ3v) is 5.78. The number of carbonyl (C=O) groups excluding carboxylic acids is 1. The van der Waals surface area contributed by atoms with Gasteiger partial charge in [-0.3, -0.25) is 9.69 Å². The summed E-state index contributed by atoms with van der Waals surface area (Å²) in [7, 11) is 1.83. The molecule has 0 saturated carbocycles. The van der Waals surface area contributed by atoms with Gasteiger partial charge in [0.25, 0.3) is 5.91 Å². The zero-order valence-corrected chi connectivity index (χ0v) is 17.5. The average Bonchev–Trinajstić information content (AvgIpc) is 3.38. The van der Waals surface area contributed by atoms with Gasteiger partial charge in [0.15, 0.2) is 5.69 Å². The highest BCUT2D eigenvalue weighted by Crippen LogP contribution is 2.22. The lowest BCUT2D eigenvalue weighted by atomic mass is 10.1. The number of hydrogen-bond acceptors (Lipinski definition) is 4. The molecule has 1 aliphatic heterocycles. The maximum absolute atomic E-state index is 13.4. The van der Waals surface area contributed by atoms with Gasteiger partial charge in [-0.1, -0.05) is 48.6 Å². The summed E-state index contributed by atoms with van der Waals surface area (Å²) in [6, 6.07) is 14.1. The Balaban J connectivity index is 1.62. The highest BCUT2D eigenvalue weighted by atomic mass is 16.3. The Kier molecular flexibility index (Phi) is 5.97. The summed E-state index contributed by atoms with van der Waals surface area (Å²) >= 11 is 0. The maximum atomic E-state index is 13.4. The number of imidazole rings is 1. The van der Waals surface area contributed by atoms with Gasteiger partial charge in [0.05, 0.1) is 18.3 Å². The second kappa shape index (κ2) is 8.81. The van der Waals surface area contributed by atoms with E-state index >= 15 is 0 Å². The summed E-state index contributed by atoms with van der Waals surface area (Å²) in [5, 5.41) is 9.68. The summed E-state index contributed by atoms with van der Waals surface area (Å²) in [5.74, 6) is -0.0725. The number of aliphatic hydroxyl groups excluding tert-OH is 1. The number of hydrogen-bond donors (Lipinski definition) is 1. The molecular weight excluding hydrogens is 376 g/mol. The van der Waals surface area contributed by atoms with E-state index in [0.717, 1.165) is 29.9 Å². The molecule has 30 heavy (non-hydrogen) atoms. The molecule has 0 unspecified atom stereocenters. The number of rotatable bonds is 7. The first-order valence-corrected chi connectivity index (χ1v) is 10.4. The number of carbonyl (C=O) groups is 1. The Morgan fingerprint density at radius 3 is 2.80 bits per heavy atom. The Bertz CT molecular complexity index is 1060. The van der Waals surface area contributed by atoms with Gasteiger partial charge < -0.3 is 14.4 Å². The van der Waals surface area contributed by atoms with E-state index in [1.54, 1.807) is 4.90 Å². The predicted octanol–water partition coefficient (Wildman–Crippen LogP) is 2.69. The van der Waals surface area contributed by atoms with E-state index in [-0.39, 0.29) is 18.6 Å². The van der Waals surface area contributed by atoms with Crippen molar-refractivity contribution in [2.24, 2.45) is 0 Å². The molecule has 0 aliphatic carbocycles. The standard InChI is InChI=1S/C24H28N4O2/c1-18-8-6-14-28-21(16-27-13-7-11-20(27)17-29)22(25-23(18)28)24(30)26(2)15-12-19-9-4-3-5-10-19/h3-11,14,20,29H,12-13,15-17H2,1-2H3/t20-/m1/s1. The second-order valence-corrected chi connectivity index (χ2v) is 7.86. The number of amides is 1. The van der Waals surface area contributed by atoms with Crippen LogP contribution >= 0.6 is 0 Å². The fourth-order valence-corrected chi connectivity index (χ4v) is 3.96. The summed E-state index contributed by atoms with van der Waals surface area (Å²) < 4.78 is 2.01. The van der Waals surface area contributed by atoms with Crippen molar-refractivity contribution in [3.8, 4) is 0 Å². The van der Waals surface area contributed by atoms with Gasteiger partial charge in [-0.15, -0.1) is 0 Å². The number of benzene rings is 1. The quantitative estimate of drug-likeness (QED) is 0.615. The third kappa shape index (κ3) is 4.01. The van der Waals surface area contributed by atoms with Crippen molar-refractivity contribution in [3.63, 3.8) is 0 Å². The molecular formula is C24H28N4O2. The van der Waals surface area contributed by atoms with Gasteiger partial charge in [-0.2, -0.15) is 0 Å². The fourth-order valence-electron chi connectivity index (χ4n) is 3.96. The van der Waals surface area contributed by atoms with E-state index in [1.165, 1.54) is 5.56 Å². The van der Waals surface area contributed by atoms with Crippen LogP contribution in [-0.4, -0.2) is 63.0 Å². The molecule has 0 radical (unpaired) electrons. The number of aryl methyl sites for hydroxylation is 1. The molecule has 0 spiro atoms. The second-order valence-electron chi connectivity index (χ2n) is 7.86. The summed E-state index contributed by atoms with van der Waals surface area (Å²) in [6.45, 7) is 4.00. The predicted molar refractivity (Wildman–Crippen MR) is 117 cm³/mol. The van der Waals surface area contributed by atoms with Crippen molar-refractivity contribution >= 4 is 11.6 Å². The SMILES string of the molecule is Cc1cccn2c(CN3CC=C[C@@H]3CO)c(C(=O)N(C)CCc3ccccc3)nc12. The first-order chi connectivity index (χ1) is 14.6. The van der Waals surface area contributed by atoms with Crippen molar-refractivity contribution in [3.05, 3.63) is 83.3 Å². The van der Waals surface area contributed by atoms with Crippen LogP contribution in [-0.2, 0) is 13.0 Å². The average molecular weight is 405 g/mol. The molecule has 156 valence electrons. The fraction of sp³-hybridized carbons (Fsp3) is 0.333. The number of fused-ring (bicyclic) bond motifs is 1. The molecule has 4 rings (SSSR count). The van der Waals surface area contributed by atoms with Gasteiger partial charge in [-0.05, 0) is 30.5 Å². The van der Waals surface area contributed by atoms with Crippen LogP contribution in [0, 0.1) is 6.92 Å². The minimum atomic E-state index is -0.0725. The Labute approximate surface area is 177 Å². The highest BCUT2D eigenvalue weighted by molar-refractivity contribution is 5.94. The number of aliphatic hydroxyl groups is 1. The summed E-state index contributed by atoms with van der Waals surface area (Å²) in [6.07, 6.45) is 6.83. The zero-order chi connectivity index (χ0) is 21.1. The molecule has 6 nitrogen and oxygen atoms in total. The molecule has 1 aliphatic rings. The molecule has 0 fully saturated rings. The smallest absolute Gasteiger partial charge is 0.274 e. The van der Waals surface area contributed by atoms with Crippen LogP contribution in [0.2, 0.25) is 0 Å². The molecule has 6 heteroatoms. The Hall–Kier alpha value is -2.96. The first-order valence-electron chi connectivity index (χ1n) is 10.4. The van der Waals surface area contributed by atoms with Crippen molar-refractivity contribution in [2.75, 3.05) is 26.7 Å². The van der Waals surface area contributed by atoms with Crippen LogP contribution in [0.5, 0.6) is 0 Å². The van der Waals surface area contributed by atoms with Crippen LogP contribution in [0.3, 0.4) is 0 Å². The number of likely N-dealkylation sites (N-methyl/N-ethyl adjacent to an activating group) is 1. The van der Waals surface area contributed by atoms with Gasteiger partial charge in [0, 0.05) is 32.9 Å². The minimum Gasteiger partial charge on any atom is -0.394 e. The van der Waals surface area contributed by atoms with Gasteiger partial charge in [0.1, 0.15) is 5.65 Å². The molecule has 1 atom stereocenters. The lowest BCUT2D eigenvalue weighted by Crippen LogP contribution is -2.34. The zero-order valence-electron chi connectivity index (χ0n) is 17.5. The number of aromatic nitrogens is 2. The number of pyridine rings is 1. The van der Waals surface area contributed by atoms with Crippen LogP contribution < -0.4 is 0 Å². The topological polar surface area (TPSA) is 61.1 Å². The van der Waals surface area contributed by atoms with Crippen molar-refractivity contribution in [1.82, 2.24) is 19.2 Å². The van der Waals surface area contributed by atoms with E-state index in [1.807, 2.05) is 61.0 Å².